The predicted molar refractivity (Wildman–Crippen MR) is 99.6 cm³/mol. The van der Waals surface area contributed by atoms with E-state index in [1.807, 2.05) is 25.1 Å². The molecule has 2 heterocycles. The molecule has 1 atom stereocenters. The van der Waals surface area contributed by atoms with Crippen LogP contribution < -0.4 is 0 Å². The van der Waals surface area contributed by atoms with Crippen molar-refractivity contribution in [2.75, 3.05) is 4.43 Å². The third kappa shape index (κ3) is 2.92. The van der Waals surface area contributed by atoms with Crippen molar-refractivity contribution < 1.29 is 13.9 Å². The van der Waals surface area contributed by atoms with Gasteiger partial charge in [-0.3, -0.25) is 4.79 Å². The van der Waals surface area contributed by atoms with Gasteiger partial charge in [0.2, 0.25) is 0 Å². The molecule has 2 aromatic rings. The van der Waals surface area contributed by atoms with Crippen LogP contribution in [-0.4, -0.2) is 13.8 Å². The van der Waals surface area contributed by atoms with E-state index in [4.69, 9.17) is 9.15 Å². The highest BCUT2D eigenvalue weighted by Gasteiger charge is 2.44. The van der Waals surface area contributed by atoms with E-state index < -0.39 is 9.02 Å². The lowest BCUT2D eigenvalue weighted by Crippen LogP contribution is -2.41. The standard InChI is InChI=1S/C16H18I2O3/c1-15(18,10-17)14(19)21-16(7-3-2-4-8-16)12-9-11-5-6-13(12)20-11/h5-6,9H,2-4,7-8,10H2,1H3. The molecule has 1 aliphatic carbocycles. The van der Waals surface area contributed by atoms with Crippen molar-refractivity contribution in [1.82, 2.24) is 0 Å². The van der Waals surface area contributed by atoms with Crippen LogP contribution in [0.5, 0.6) is 0 Å². The Bertz CT molecular complexity index is 626. The summed E-state index contributed by atoms with van der Waals surface area (Å²) in [4.78, 5) is 12.6. The molecule has 114 valence electrons. The molecule has 1 unspecified atom stereocenters. The topological polar surface area (TPSA) is 39.4 Å². The fourth-order valence-corrected chi connectivity index (χ4v) is 3.45. The van der Waals surface area contributed by atoms with Crippen molar-refractivity contribution in [3.8, 4) is 0 Å². The lowest BCUT2D eigenvalue weighted by molar-refractivity contribution is -0.166. The number of alkyl halides is 2. The highest BCUT2D eigenvalue weighted by Crippen LogP contribution is 2.45. The minimum Gasteiger partial charge on any atom is -0.457 e. The van der Waals surface area contributed by atoms with Crippen LogP contribution in [-0.2, 0) is 15.1 Å². The van der Waals surface area contributed by atoms with Crippen LogP contribution in [0.15, 0.2) is 22.6 Å². The number of rotatable bonds is 4. The largest absolute Gasteiger partial charge is 0.457 e. The summed E-state index contributed by atoms with van der Waals surface area (Å²) in [5, 5.41) is 0. The third-order valence-electron chi connectivity index (χ3n) is 4.30. The molecule has 0 spiro atoms. The Labute approximate surface area is 151 Å². The van der Waals surface area contributed by atoms with E-state index in [1.165, 1.54) is 6.42 Å². The number of halogens is 2. The second kappa shape index (κ2) is 5.86. The monoisotopic (exact) mass is 512 g/mol. The molecule has 3 nitrogen and oxygen atoms in total. The van der Waals surface area contributed by atoms with E-state index >= 15 is 0 Å². The van der Waals surface area contributed by atoms with Crippen LogP contribution >= 0.6 is 45.2 Å². The quantitative estimate of drug-likeness (QED) is 0.321. The van der Waals surface area contributed by atoms with Crippen molar-refractivity contribution in [3.63, 3.8) is 0 Å². The van der Waals surface area contributed by atoms with Gasteiger partial charge < -0.3 is 9.15 Å². The smallest absolute Gasteiger partial charge is 0.323 e. The minimum absolute atomic E-state index is 0.113. The third-order valence-corrected chi connectivity index (χ3v) is 8.10. The number of hydrogen-bond donors (Lipinski definition) is 0. The SMILES string of the molecule is CC(I)(CI)C(=O)OC1(c2cc3ccc2o3)CCCCC1. The van der Waals surface area contributed by atoms with E-state index in [0.29, 0.717) is 0 Å². The molecule has 21 heavy (non-hydrogen) atoms. The van der Waals surface area contributed by atoms with E-state index in [0.717, 1.165) is 46.8 Å². The Hall–Kier alpha value is -0.0500. The molecular formula is C16H18I2O3. The maximum absolute atomic E-state index is 12.6. The number of furan rings is 2. The van der Waals surface area contributed by atoms with Crippen LogP contribution in [0.4, 0.5) is 0 Å². The summed E-state index contributed by atoms with van der Waals surface area (Å²) in [7, 11) is 0. The molecule has 0 amide bonds. The molecule has 5 heteroatoms. The minimum atomic E-state index is -0.491. The van der Waals surface area contributed by atoms with Crippen LogP contribution in [0.3, 0.4) is 0 Å². The molecule has 0 saturated heterocycles. The normalized spacial score (nSPS) is 21.3. The van der Waals surface area contributed by atoms with Gasteiger partial charge in [-0.15, -0.1) is 0 Å². The second-order valence-electron chi connectivity index (χ2n) is 6.04. The van der Waals surface area contributed by atoms with Crippen molar-refractivity contribution >= 4 is 62.3 Å². The van der Waals surface area contributed by atoms with E-state index in [-0.39, 0.29) is 5.97 Å². The molecular weight excluding hydrogens is 494 g/mol. The van der Waals surface area contributed by atoms with Gasteiger partial charge in [0.25, 0.3) is 0 Å². The zero-order valence-corrected chi connectivity index (χ0v) is 16.3. The zero-order valence-electron chi connectivity index (χ0n) is 12.0. The molecule has 1 saturated carbocycles. The van der Waals surface area contributed by atoms with Gasteiger partial charge in [0.05, 0.1) is 0 Å². The second-order valence-corrected chi connectivity index (χ2v) is 9.18. The molecule has 0 aliphatic heterocycles. The first-order valence-corrected chi connectivity index (χ1v) is 9.88. The molecule has 1 aliphatic rings. The number of carbonyl (C=O) groups is 1. The summed E-state index contributed by atoms with van der Waals surface area (Å²) in [5.41, 5.74) is 2.31. The zero-order chi connectivity index (χ0) is 15.1. The summed E-state index contributed by atoms with van der Waals surface area (Å²) in [6.07, 6.45) is 5.19. The van der Waals surface area contributed by atoms with Gasteiger partial charge in [-0.1, -0.05) is 51.6 Å². The first-order chi connectivity index (χ1) is 9.97. The maximum atomic E-state index is 12.6. The summed E-state index contributed by atoms with van der Waals surface area (Å²) in [6, 6.07) is 5.99. The Kier molecular flexibility index (Phi) is 4.42. The van der Waals surface area contributed by atoms with Gasteiger partial charge in [-0.2, -0.15) is 0 Å². The van der Waals surface area contributed by atoms with Crippen LogP contribution in [0.25, 0.3) is 11.2 Å². The van der Waals surface area contributed by atoms with E-state index in [2.05, 4.69) is 45.2 Å². The first kappa shape index (κ1) is 15.8. The number of ether oxygens (including phenoxy) is 1. The van der Waals surface area contributed by atoms with Crippen LogP contribution in [0.2, 0.25) is 0 Å². The van der Waals surface area contributed by atoms with Gasteiger partial charge in [-0.25, -0.2) is 0 Å². The highest BCUT2D eigenvalue weighted by atomic mass is 127. The Balaban J connectivity index is 1.94. The van der Waals surface area contributed by atoms with E-state index in [1.54, 1.807) is 0 Å². The Morgan fingerprint density at radius 2 is 2.10 bits per heavy atom. The van der Waals surface area contributed by atoms with Crippen LogP contribution in [0.1, 0.15) is 44.6 Å². The molecule has 2 bridgehead atoms. The van der Waals surface area contributed by atoms with Gasteiger partial charge >= 0.3 is 5.97 Å². The molecule has 3 rings (SSSR count). The molecule has 1 fully saturated rings. The van der Waals surface area contributed by atoms with Crippen molar-refractivity contribution in [3.05, 3.63) is 23.8 Å². The summed E-state index contributed by atoms with van der Waals surface area (Å²) >= 11 is 4.44. The van der Waals surface area contributed by atoms with Gasteiger partial charge in [0, 0.05) is 9.99 Å². The number of carbonyl (C=O) groups excluding carboxylic acids is 1. The van der Waals surface area contributed by atoms with E-state index in [9.17, 15) is 4.79 Å². The molecule has 0 N–H and O–H groups in total. The molecule has 2 aromatic heterocycles. The highest BCUT2D eigenvalue weighted by molar-refractivity contribution is 14.1. The van der Waals surface area contributed by atoms with Crippen LogP contribution in [0, 0.1) is 0 Å². The molecule has 0 aromatic carbocycles. The number of fused-ring (bicyclic) bond motifs is 2. The van der Waals surface area contributed by atoms with Gasteiger partial charge in [-0.05, 0) is 50.8 Å². The lowest BCUT2D eigenvalue weighted by atomic mass is 9.79. The Morgan fingerprint density at radius 3 is 2.62 bits per heavy atom. The predicted octanol–water partition coefficient (Wildman–Crippen LogP) is 5.20. The van der Waals surface area contributed by atoms with Crippen molar-refractivity contribution in [2.45, 2.75) is 48.1 Å². The first-order valence-electron chi connectivity index (χ1n) is 7.28. The summed E-state index contributed by atoms with van der Waals surface area (Å²) in [5.74, 6) is -0.113. The lowest BCUT2D eigenvalue weighted by Gasteiger charge is -2.38. The number of benzene rings is 1. The fraction of sp³-hybridized carbons (Fsp3) is 0.562. The van der Waals surface area contributed by atoms with Crippen molar-refractivity contribution in [2.24, 2.45) is 0 Å². The van der Waals surface area contributed by atoms with Gasteiger partial charge in [0.15, 0.2) is 0 Å². The fourth-order valence-electron chi connectivity index (χ4n) is 3.03. The summed E-state index contributed by atoms with van der Waals surface area (Å²) < 4.78 is 12.1. The van der Waals surface area contributed by atoms with Crippen molar-refractivity contribution in [1.29, 1.82) is 0 Å². The number of hydrogen-bond acceptors (Lipinski definition) is 3. The maximum Gasteiger partial charge on any atom is 0.323 e. The number of esters is 1. The Morgan fingerprint density at radius 1 is 1.38 bits per heavy atom. The summed E-state index contributed by atoms with van der Waals surface area (Å²) in [6.45, 7) is 1.94. The average Bonchev–Trinajstić information content (AvgIpc) is 3.11. The average molecular weight is 512 g/mol. The van der Waals surface area contributed by atoms with Gasteiger partial charge in [0.1, 0.15) is 20.2 Å². The molecule has 0 radical (unpaired) electrons.